The van der Waals surface area contributed by atoms with E-state index in [4.69, 9.17) is 4.74 Å². The number of carbonyl (C=O) groups is 2. The predicted molar refractivity (Wildman–Crippen MR) is 101 cm³/mol. The molecule has 1 aromatic rings. The van der Waals surface area contributed by atoms with E-state index >= 15 is 0 Å². The van der Waals surface area contributed by atoms with Gasteiger partial charge < -0.3 is 10.1 Å². The average molecular weight is 367 g/mol. The Morgan fingerprint density at radius 3 is 2.75 bits per heavy atom. The quantitative estimate of drug-likeness (QED) is 0.811. The first-order valence-electron chi connectivity index (χ1n) is 7.71. The largest absolute Gasteiger partial charge is 0.452 e. The number of esters is 1. The molecule has 1 aliphatic heterocycles. The molecule has 0 radical (unpaired) electrons. The second kappa shape index (κ2) is 8.58. The van der Waals surface area contributed by atoms with Crippen molar-refractivity contribution in [2.24, 2.45) is 4.99 Å². The molecule has 1 aliphatic rings. The van der Waals surface area contributed by atoms with Crippen LogP contribution >= 0.6 is 23.5 Å². The minimum atomic E-state index is -0.476. The van der Waals surface area contributed by atoms with Crippen LogP contribution in [0.1, 0.15) is 36.7 Å². The van der Waals surface area contributed by atoms with Gasteiger partial charge in [0.2, 0.25) is 0 Å². The highest BCUT2D eigenvalue weighted by molar-refractivity contribution is 8.38. The smallest absolute Gasteiger partial charge is 0.338 e. The zero-order valence-corrected chi connectivity index (χ0v) is 15.8. The second-order valence-corrected chi connectivity index (χ2v) is 8.62. The lowest BCUT2D eigenvalue weighted by atomic mass is 10.1. The number of amides is 1. The number of ether oxygens (including phenoxy) is 1. The number of hydrogen-bond donors (Lipinski definition) is 1. The summed E-state index contributed by atoms with van der Waals surface area (Å²) < 4.78 is 6.21. The first-order valence-corrected chi connectivity index (χ1v) is 9.68. The first-order chi connectivity index (χ1) is 11.3. The monoisotopic (exact) mass is 366 g/mol. The minimum Gasteiger partial charge on any atom is -0.452 e. The summed E-state index contributed by atoms with van der Waals surface area (Å²) >= 11 is 3.37. The fourth-order valence-corrected chi connectivity index (χ4v) is 4.06. The van der Waals surface area contributed by atoms with Gasteiger partial charge in [-0.15, -0.1) is 0 Å². The maximum Gasteiger partial charge on any atom is 0.338 e. The summed E-state index contributed by atoms with van der Waals surface area (Å²) in [5, 5.41) is 2.76. The summed E-state index contributed by atoms with van der Waals surface area (Å²) in [6.45, 7) is 6.22. The summed E-state index contributed by atoms with van der Waals surface area (Å²) in [5.74, 6) is 0.899. The topological polar surface area (TPSA) is 67.8 Å². The van der Waals surface area contributed by atoms with Crippen LogP contribution in [0.2, 0.25) is 0 Å². The number of benzene rings is 1. The van der Waals surface area contributed by atoms with Crippen molar-refractivity contribution >= 4 is 39.8 Å². The Morgan fingerprint density at radius 1 is 1.33 bits per heavy atom. The third-order valence-corrected chi connectivity index (χ3v) is 5.30. The molecule has 0 spiro atoms. The Bertz CT molecular complexity index is 639. The Labute approximate surface area is 151 Å². The molecule has 130 valence electrons. The molecule has 0 bridgehead atoms. The lowest BCUT2D eigenvalue weighted by Gasteiger charge is -2.20. The fraction of sp³-hybridized carbons (Fsp3) is 0.471. The van der Waals surface area contributed by atoms with Crippen LogP contribution in [-0.2, 0) is 15.3 Å². The molecule has 1 amide bonds. The standard InChI is InChI=1S/C17H22N2O3S2/c1-17(2,3)19-14(20)10-22-15(21)13-7-5-4-6-12(13)11-24-16-18-8-9-23-16/h4-7H,8-11H2,1-3H3,(H,19,20). The number of rotatable bonds is 5. The van der Waals surface area contributed by atoms with Gasteiger partial charge in [0.05, 0.1) is 12.1 Å². The van der Waals surface area contributed by atoms with E-state index in [2.05, 4.69) is 10.3 Å². The summed E-state index contributed by atoms with van der Waals surface area (Å²) in [6.07, 6.45) is 0. The molecule has 24 heavy (non-hydrogen) atoms. The summed E-state index contributed by atoms with van der Waals surface area (Å²) in [6, 6.07) is 7.31. The highest BCUT2D eigenvalue weighted by atomic mass is 32.2. The third kappa shape index (κ3) is 6.20. The van der Waals surface area contributed by atoms with Gasteiger partial charge in [-0.05, 0) is 32.4 Å². The molecule has 0 unspecified atom stereocenters. The van der Waals surface area contributed by atoms with Crippen molar-refractivity contribution in [3.63, 3.8) is 0 Å². The molecule has 0 saturated heterocycles. The summed E-state index contributed by atoms with van der Waals surface area (Å²) in [5.41, 5.74) is 1.04. The zero-order valence-electron chi connectivity index (χ0n) is 14.1. The van der Waals surface area contributed by atoms with Gasteiger partial charge in [0, 0.05) is 17.0 Å². The maximum absolute atomic E-state index is 12.3. The molecule has 1 aromatic carbocycles. The lowest BCUT2D eigenvalue weighted by molar-refractivity contribution is -0.125. The van der Waals surface area contributed by atoms with Gasteiger partial charge in [0.15, 0.2) is 6.61 Å². The van der Waals surface area contributed by atoms with Crippen LogP contribution in [0.3, 0.4) is 0 Å². The molecular weight excluding hydrogens is 344 g/mol. The molecule has 0 atom stereocenters. The van der Waals surface area contributed by atoms with E-state index in [1.165, 1.54) is 0 Å². The van der Waals surface area contributed by atoms with Crippen LogP contribution in [0.15, 0.2) is 29.3 Å². The Morgan fingerprint density at radius 2 is 2.08 bits per heavy atom. The van der Waals surface area contributed by atoms with Crippen molar-refractivity contribution in [3.05, 3.63) is 35.4 Å². The minimum absolute atomic E-state index is 0.278. The van der Waals surface area contributed by atoms with Crippen LogP contribution in [0.5, 0.6) is 0 Å². The third-order valence-electron chi connectivity index (χ3n) is 2.99. The number of aliphatic imine (C=N–C) groups is 1. The first kappa shape index (κ1) is 18.9. The van der Waals surface area contributed by atoms with Gasteiger partial charge in [0.25, 0.3) is 5.91 Å². The predicted octanol–water partition coefficient (Wildman–Crippen LogP) is 3.09. The lowest BCUT2D eigenvalue weighted by Crippen LogP contribution is -2.42. The van der Waals surface area contributed by atoms with Crippen molar-refractivity contribution in [2.45, 2.75) is 32.1 Å². The second-order valence-electron chi connectivity index (χ2n) is 6.32. The van der Waals surface area contributed by atoms with Crippen molar-refractivity contribution in [3.8, 4) is 0 Å². The molecule has 5 nitrogen and oxygen atoms in total. The van der Waals surface area contributed by atoms with E-state index in [0.29, 0.717) is 11.3 Å². The van der Waals surface area contributed by atoms with Crippen molar-refractivity contribution < 1.29 is 14.3 Å². The molecule has 1 heterocycles. The number of nitrogens with one attached hydrogen (secondary N) is 1. The highest BCUT2D eigenvalue weighted by Crippen LogP contribution is 2.26. The average Bonchev–Trinajstić information content (AvgIpc) is 3.02. The Hall–Kier alpha value is -1.47. The van der Waals surface area contributed by atoms with Gasteiger partial charge in [-0.25, -0.2) is 4.79 Å². The van der Waals surface area contributed by atoms with E-state index in [-0.39, 0.29) is 18.1 Å². The molecule has 0 aliphatic carbocycles. The molecular formula is C17H22N2O3S2. The molecule has 1 N–H and O–H groups in total. The van der Waals surface area contributed by atoms with Gasteiger partial charge in [-0.3, -0.25) is 9.79 Å². The van der Waals surface area contributed by atoms with Crippen molar-refractivity contribution in [1.82, 2.24) is 5.32 Å². The van der Waals surface area contributed by atoms with Crippen LogP contribution in [-0.4, -0.2) is 40.7 Å². The normalized spacial score (nSPS) is 14.2. The van der Waals surface area contributed by atoms with Crippen LogP contribution in [0.25, 0.3) is 0 Å². The molecule has 0 saturated carbocycles. The van der Waals surface area contributed by atoms with Crippen molar-refractivity contribution in [2.75, 3.05) is 18.9 Å². The van der Waals surface area contributed by atoms with E-state index in [0.717, 1.165) is 22.2 Å². The molecule has 0 fully saturated rings. The summed E-state index contributed by atoms with van der Waals surface area (Å²) in [7, 11) is 0. The Balaban J connectivity index is 1.92. The molecule has 0 aromatic heterocycles. The van der Waals surface area contributed by atoms with Crippen LogP contribution < -0.4 is 5.32 Å². The number of thioether (sulfide) groups is 2. The van der Waals surface area contributed by atoms with Gasteiger partial charge in [-0.2, -0.15) is 0 Å². The maximum atomic E-state index is 12.3. The van der Waals surface area contributed by atoms with Gasteiger partial charge in [0.1, 0.15) is 4.38 Å². The molecule has 7 heteroatoms. The van der Waals surface area contributed by atoms with Crippen molar-refractivity contribution in [1.29, 1.82) is 0 Å². The Kier molecular flexibility index (Phi) is 6.74. The summed E-state index contributed by atoms with van der Waals surface area (Å²) in [4.78, 5) is 28.4. The van der Waals surface area contributed by atoms with E-state index in [1.54, 1.807) is 35.7 Å². The van der Waals surface area contributed by atoms with Gasteiger partial charge >= 0.3 is 5.97 Å². The number of carbonyl (C=O) groups excluding carboxylic acids is 2. The zero-order chi connectivity index (χ0) is 17.6. The fourth-order valence-electron chi connectivity index (χ4n) is 2.05. The number of hydrogen-bond acceptors (Lipinski definition) is 6. The van der Waals surface area contributed by atoms with E-state index in [1.807, 2.05) is 32.9 Å². The number of nitrogens with zero attached hydrogens (tertiary/aromatic N) is 1. The molecule has 2 rings (SSSR count). The van der Waals surface area contributed by atoms with E-state index < -0.39 is 5.97 Å². The van der Waals surface area contributed by atoms with Crippen LogP contribution in [0.4, 0.5) is 0 Å². The van der Waals surface area contributed by atoms with Gasteiger partial charge in [-0.1, -0.05) is 41.7 Å². The van der Waals surface area contributed by atoms with E-state index in [9.17, 15) is 9.59 Å². The van der Waals surface area contributed by atoms with Crippen LogP contribution in [0, 0.1) is 0 Å². The SMILES string of the molecule is CC(C)(C)NC(=O)COC(=O)c1ccccc1CSC1=NCCS1. The highest BCUT2D eigenvalue weighted by Gasteiger charge is 2.18.